The second-order valence-corrected chi connectivity index (χ2v) is 8.97. The molecular weight excluding hydrogens is 408 g/mol. The Bertz CT molecular complexity index is 1270. The number of nitrogens with one attached hydrogen (secondary N) is 1. The van der Waals surface area contributed by atoms with E-state index in [-0.39, 0.29) is 11.5 Å². The zero-order valence-corrected chi connectivity index (χ0v) is 18.0. The predicted molar refractivity (Wildman–Crippen MR) is 122 cm³/mol. The van der Waals surface area contributed by atoms with Crippen LogP contribution in [0.25, 0.3) is 5.52 Å². The zero-order valence-electron chi connectivity index (χ0n) is 17.2. The molecule has 0 saturated carbocycles. The number of amides is 1. The Labute approximate surface area is 184 Å². The number of rotatable bonds is 6. The first-order chi connectivity index (χ1) is 15.2. The van der Waals surface area contributed by atoms with Gasteiger partial charge in [-0.2, -0.15) is 5.10 Å². The molecule has 3 aromatic heterocycles. The molecule has 6 nitrogen and oxygen atoms in total. The highest BCUT2D eigenvalue weighted by molar-refractivity contribution is 7.09. The Hall–Kier alpha value is -3.19. The summed E-state index contributed by atoms with van der Waals surface area (Å²) in [6.45, 7) is 1.09. The number of carbonyl (C=O) groups is 1. The van der Waals surface area contributed by atoms with E-state index in [0.717, 1.165) is 48.9 Å². The summed E-state index contributed by atoms with van der Waals surface area (Å²) in [6.07, 6.45) is 8.62. The zero-order chi connectivity index (χ0) is 21.2. The van der Waals surface area contributed by atoms with Crippen LogP contribution in [0.3, 0.4) is 0 Å². The third kappa shape index (κ3) is 4.05. The largest absolute Gasteiger partial charge is 0.352 e. The molecule has 0 spiro atoms. The van der Waals surface area contributed by atoms with E-state index in [1.807, 2.05) is 41.9 Å². The van der Waals surface area contributed by atoms with Crippen LogP contribution < -0.4 is 10.9 Å². The molecule has 4 aromatic rings. The number of benzene rings is 1. The third-order valence-electron chi connectivity index (χ3n) is 5.84. The molecule has 0 saturated heterocycles. The van der Waals surface area contributed by atoms with Gasteiger partial charge in [0.2, 0.25) is 0 Å². The second-order valence-electron chi connectivity index (χ2n) is 7.94. The summed E-state index contributed by atoms with van der Waals surface area (Å²) in [4.78, 5) is 26.7. The van der Waals surface area contributed by atoms with Gasteiger partial charge in [0.1, 0.15) is 5.52 Å². The minimum Gasteiger partial charge on any atom is -0.352 e. The molecular formula is C24H24N4O2S. The molecule has 31 heavy (non-hydrogen) atoms. The molecule has 1 aliphatic rings. The van der Waals surface area contributed by atoms with Gasteiger partial charge >= 0.3 is 0 Å². The predicted octanol–water partition coefficient (Wildman–Crippen LogP) is 3.46. The number of aromatic nitrogens is 3. The van der Waals surface area contributed by atoms with Gasteiger partial charge in [-0.25, -0.2) is 4.52 Å². The first kappa shape index (κ1) is 19.8. The van der Waals surface area contributed by atoms with E-state index in [1.165, 1.54) is 4.88 Å². The van der Waals surface area contributed by atoms with Crippen LogP contribution in [-0.2, 0) is 25.8 Å². The fourth-order valence-electron chi connectivity index (χ4n) is 4.19. The first-order valence-electron chi connectivity index (χ1n) is 10.7. The van der Waals surface area contributed by atoms with E-state index < -0.39 is 0 Å². The molecule has 0 atom stereocenters. The molecule has 0 aliphatic heterocycles. The van der Waals surface area contributed by atoms with Crippen LogP contribution >= 0.6 is 11.3 Å². The lowest BCUT2D eigenvalue weighted by Gasteiger charge is -2.10. The number of carbonyl (C=O) groups excluding carboxylic acids is 1. The van der Waals surface area contributed by atoms with Crippen molar-refractivity contribution in [3.05, 3.63) is 91.8 Å². The number of nitrogens with zero attached hydrogens (tertiary/aromatic N) is 3. The van der Waals surface area contributed by atoms with Crippen LogP contribution in [0.2, 0.25) is 0 Å². The Morgan fingerprint density at radius 3 is 2.74 bits per heavy atom. The number of hydrogen-bond acceptors (Lipinski definition) is 4. The molecule has 1 amide bonds. The second kappa shape index (κ2) is 8.51. The Morgan fingerprint density at radius 2 is 1.94 bits per heavy atom. The summed E-state index contributed by atoms with van der Waals surface area (Å²) in [5.41, 5.74) is 4.49. The highest BCUT2D eigenvalue weighted by Gasteiger charge is 2.19. The van der Waals surface area contributed by atoms with Crippen LogP contribution in [0, 0.1) is 0 Å². The maximum Gasteiger partial charge on any atom is 0.277 e. The van der Waals surface area contributed by atoms with Crippen molar-refractivity contribution in [2.75, 3.05) is 6.54 Å². The molecule has 0 unspecified atom stereocenters. The van der Waals surface area contributed by atoms with E-state index >= 15 is 0 Å². The van der Waals surface area contributed by atoms with Crippen LogP contribution in [0.4, 0.5) is 0 Å². The maximum absolute atomic E-state index is 13.1. The van der Waals surface area contributed by atoms with Crippen LogP contribution in [-0.4, -0.2) is 26.6 Å². The molecule has 5 rings (SSSR count). The third-order valence-corrected chi connectivity index (χ3v) is 6.78. The summed E-state index contributed by atoms with van der Waals surface area (Å²) in [5, 5.41) is 9.60. The van der Waals surface area contributed by atoms with Crippen LogP contribution in [0.15, 0.2) is 59.0 Å². The van der Waals surface area contributed by atoms with Gasteiger partial charge in [0, 0.05) is 34.9 Å². The van der Waals surface area contributed by atoms with Crippen molar-refractivity contribution in [2.24, 2.45) is 0 Å². The summed E-state index contributed by atoms with van der Waals surface area (Å²) in [7, 11) is 0. The molecule has 0 radical (unpaired) electrons. The molecule has 1 aromatic carbocycles. The van der Waals surface area contributed by atoms with Crippen LogP contribution in [0.5, 0.6) is 0 Å². The van der Waals surface area contributed by atoms with Crippen molar-refractivity contribution in [3.63, 3.8) is 0 Å². The van der Waals surface area contributed by atoms with Crippen molar-refractivity contribution in [1.82, 2.24) is 19.5 Å². The molecule has 1 N–H and O–H groups in total. The normalized spacial score (nSPS) is 13.3. The van der Waals surface area contributed by atoms with Gasteiger partial charge in [-0.1, -0.05) is 18.2 Å². The van der Waals surface area contributed by atoms with Crippen molar-refractivity contribution in [2.45, 2.75) is 38.6 Å². The molecule has 3 heterocycles. The summed E-state index contributed by atoms with van der Waals surface area (Å²) >= 11 is 1.70. The summed E-state index contributed by atoms with van der Waals surface area (Å²) < 4.78 is 3.46. The number of aryl methyl sites for hydroxylation is 2. The van der Waals surface area contributed by atoms with Gasteiger partial charge in [-0.05, 0) is 61.2 Å². The van der Waals surface area contributed by atoms with Gasteiger partial charge in [-0.15, -0.1) is 11.3 Å². The van der Waals surface area contributed by atoms with Crippen molar-refractivity contribution >= 4 is 22.8 Å². The van der Waals surface area contributed by atoms with E-state index in [0.29, 0.717) is 24.2 Å². The lowest BCUT2D eigenvalue weighted by Crippen LogP contribution is -2.25. The van der Waals surface area contributed by atoms with E-state index in [4.69, 9.17) is 0 Å². The summed E-state index contributed by atoms with van der Waals surface area (Å²) in [6, 6.07) is 11.6. The minimum atomic E-state index is -0.0763. The number of thiophene rings is 1. The standard InChI is InChI=1S/C24H24N4O2S/c29-23(25-12-11-19-4-3-15-31-19)18-9-7-17(8-10-18)16-27-13-14-28-22(24(27)30)20-5-1-2-6-21(20)26-28/h3-4,7-10,13-15H,1-2,5-6,11-12,16H2,(H,25,29). The van der Waals surface area contributed by atoms with E-state index in [2.05, 4.69) is 16.5 Å². The smallest absolute Gasteiger partial charge is 0.277 e. The molecule has 0 fully saturated rings. The number of fused-ring (bicyclic) bond motifs is 3. The first-order valence-corrected chi connectivity index (χ1v) is 11.6. The molecule has 0 bridgehead atoms. The minimum absolute atomic E-state index is 0.00598. The van der Waals surface area contributed by atoms with Crippen LogP contribution in [0.1, 0.15) is 44.9 Å². The molecule has 7 heteroatoms. The van der Waals surface area contributed by atoms with Gasteiger partial charge in [0.25, 0.3) is 11.5 Å². The van der Waals surface area contributed by atoms with Crippen molar-refractivity contribution < 1.29 is 4.79 Å². The van der Waals surface area contributed by atoms with E-state index in [1.54, 1.807) is 26.6 Å². The van der Waals surface area contributed by atoms with Gasteiger partial charge < -0.3 is 9.88 Å². The van der Waals surface area contributed by atoms with Gasteiger partial charge in [0.05, 0.1) is 12.2 Å². The van der Waals surface area contributed by atoms with Crippen molar-refractivity contribution in [1.29, 1.82) is 0 Å². The quantitative estimate of drug-likeness (QED) is 0.507. The SMILES string of the molecule is O=C(NCCc1cccs1)c1ccc(Cn2ccn3nc4c(c3c2=O)CCCC4)cc1. The Balaban J connectivity index is 1.28. The Morgan fingerprint density at radius 1 is 1.10 bits per heavy atom. The fourth-order valence-corrected chi connectivity index (χ4v) is 4.90. The Kier molecular flexibility index (Phi) is 5.42. The summed E-state index contributed by atoms with van der Waals surface area (Å²) in [5.74, 6) is -0.0763. The lowest BCUT2D eigenvalue weighted by molar-refractivity contribution is 0.0954. The highest BCUT2D eigenvalue weighted by Crippen LogP contribution is 2.22. The molecule has 1 aliphatic carbocycles. The number of hydrogen-bond donors (Lipinski definition) is 1. The lowest BCUT2D eigenvalue weighted by atomic mass is 9.97. The van der Waals surface area contributed by atoms with Gasteiger partial charge in [0.15, 0.2) is 0 Å². The average molecular weight is 433 g/mol. The average Bonchev–Trinajstić information content (AvgIpc) is 3.44. The van der Waals surface area contributed by atoms with Crippen molar-refractivity contribution in [3.8, 4) is 0 Å². The maximum atomic E-state index is 13.1. The topological polar surface area (TPSA) is 68.4 Å². The fraction of sp³-hybridized carbons (Fsp3) is 0.292. The highest BCUT2D eigenvalue weighted by atomic mass is 32.1. The molecule has 158 valence electrons. The van der Waals surface area contributed by atoms with E-state index in [9.17, 15) is 9.59 Å². The van der Waals surface area contributed by atoms with Gasteiger partial charge in [-0.3, -0.25) is 9.59 Å². The monoisotopic (exact) mass is 432 g/mol.